The van der Waals surface area contributed by atoms with Gasteiger partial charge in [-0.15, -0.1) is 0 Å². The Labute approximate surface area is 149 Å². The molecule has 136 valence electrons. The first-order chi connectivity index (χ1) is 12.1. The largest absolute Gasteiger partial charge is 0.353 e. The lowest BCUT2D eigenvalue weighted by Gasteiger charge is -2.33. The minimum atomic E-state index is 0.0111. The van der Waals surface area contributed by atoms with Crippen LogP contribution < -0.4 is 5.32 Å². The molecule has 2 amide bonds. The highest BCUT2D eigenvalue weighted by molar-refractivity contribution is 5.81. The Kier molecular flexibility index (Phi) is 6.00. The topological polar surface area (TPSA) is 75.2 Å². The molecule has 2 fully saturated rings. The van der Waals surface area contributed by atoms with Crippen LogP contribution in [0, 0.1) is 11.8 Å². The van der Waals surface area contributed by atoms with Gasteiger partial charge in [0.2, 0.25) is 11.8 Å². The zero-order valence-electron chi connectivity index (χ0n) is 15.0. The van der Waals surface area contributed by atoms with Gasteiger partial charge in [-0.05, 0) is 32.6 Å². The molecule has 6 heteroatoms. The van der Waals surface area contributed by atoms with Crippen molar-refractivity contribution < 1.29 is 9.59 Å². The van der Waals surface area contributed by atoms with E-state index < -0.39 is 0 Å². The first-order valence-corrected chi connectivity index (χ1v) is 9.47. The van der Waals surface area contributed by atoms with E-state index in [2.05, 4.69) is 15.3 Å². The highest BCUT2D eigenvalue weighted by Crippen LogP contribution is 2.28. The quantitative estimate of drug-likeness (QED) is 0.886. The normalized spacial score (nSPS) is 20.4. The van der Waals surface area contributed by atoms with Crippen molar-refractivity contribution in [2.45, 2.75) is 57.9 Å². The van der Waals surface area contributed by atoms with Crippen molar-refractivity contribution in [1.82, 2.24) is 20.2 Å². The van der Waals surface area contributed by atoms with Crippen molar-refractivity contribution in [3.63, 3.8) is 0 Å². The third-order valence-electron chi connectivity index (χ3n) is 5.40. The van der Waals surface area contributed by atoms with Crippen LogP contribution in [0.5, 0.6) is 0 Å². The van der Waals surface area contributed by atoms with Gasteiger partial charge in [-0.3, -0.25) is 19.6 Å². The lowest BCUT2D eigenvalue weighted by atomic mass is 9.94. The van der Waals surface area contributed by atoms with Gasteiger partial charge in [0.25, 0.3) is 0 Å². The first kappa shape index (κ1) is 17.8. The molecule has 3 rings (SSSR count). The van der Waals surface area contributed by atoms with Crippen LogP contribution in [0.25, 0.3) is 0 Å². The molecule has 1 atom stereocenters. The molecule has 2 heterocycles. The Hall–Kier alpha value is -1.98. The van der Waals surface area contributed by atoms with Gasteiger partial charge in [0, 0.05) is 56.0 Å². The molecule has 1 N–H and O–H groups in total. The molecule has 2 aliphatic rings. The molecule has 1 saturated carbocycles. The number of carbonyl (C=O) groups excluding carboxylic acids is 2. The SMILES string of the molecule is CC(Cc1cnccn1)NC(=O)C1CCN(C(=O)C2CCCC2)CC1. The second kappa shape index (κ2) is 8.41. The van der Waals surface area contributed by atoms with E-state index in [1.165, 1.54) is 12.8 Å². The van der Waals surface area contributed by atoms with Gasteiger partial charge in [-0.1, -0.05) is 12.8 Å². The summed E-state index contributed by atoms with van der Waals surface area (Å²) in [6, 6.07) is 0.0300. The van der Waals surface area contributed by atoms with E-state index in [0.29, 0.717) is 25.4 Å². The number of carbonyl (C=O) groups is 2. The van der Waals surface area contributed by atoms with Gasteiger partial charge < -0.3 is 10.2 Å². The number of piperidine rings is 1. The zero-order chi connectivity index (χ0) is 17.6. The van der Waals surface area contributed by atoms with Crippen LogP contribution in [-0.4, -0.2) is 45.8 Å². The van der Waals surface area contributed by atoms with E-state index in [0.717, 1.165) is 31.4 Å². The molecule has 1 aromatic rings. The number of aromatic nitrogens is 2. The maximum Gasteiger partial charge on any atom is 0.225 e. The van der Waals surface area contributed by atoms with Crippen LogP contribution in [0.15, 0.2) is 18.6 Å². The van der Waals surface area contributed by atoms with E-state index >= 15 is 0 Å². The Balaban J connectivity index is 1.42. The molecular weight excluding hydrogens is 316 g/mol. The molecule has 1 aliphatic carbocycles. The maximum atomic E-state index is 12.5. The number of amides is 2. The van der Waals surface area contributed by atoms with Crippen molar-refractivity contribution in [2.24, 2.45) is 11.8 Å². The van der Waals surface area contributed by atoms with E-state index in [-0.39, 0.29) is 23.8 Å². The third kappa shape index (κ3) is 4.77. The third-order valence-corrected chi connectivity index (χ3v) is 5.40. The molecule has 1 saturated heterocycles. The van der Waals surface area contributed by atoms with Crippen molar-refractivity contribution in [1.29, 1.82) is 0 Å². The summed E-state index contributed by atoms with van der Waals surface area (Å²) in [5.41, 5.74) is 0.882. The summed E-state index contributed by atoms with van der Waals surface area (Å²) in [7, 11) is 0. The number of nitrogens with zero attached hydrogens (tertiary/aromatic N) is 3. The van der Waals surface area contributed by atoms with Gasteiger partial charge in [0.15, 0.2) is 0 Å². The van der Waals surface area contributed by atoms with Crippen LogP contribution in [0.3, 0.4) is 0 Å². The highest BCUT2D eigenvalue weighted by Gasteiger charge is 2.32. The molecule has 25 heavy (non-hydrogen) atoms. The predicted molar refractivity (Wildman–Crippen MR) is 94.6 cm³/mol. The number of hydrogen-bond acceptors (Lipinski definition) is 4. The monoisotopic (exact) mass is 344 g/mol. The second-order valence-corrected chi connectivity index (χ2v) is 7.39. The van der Waals surface area contributed by atoms with Crippen molar-refractivity contribution in [3.8, 4) is 0 Å². The Bertz CT molecular complexity index is 578. The minimum absolute atomic E-state index is 0.0111. The summed E-state index contributed by atoms with van der Waals surface area (Å²) in [5, 5.41) is 3.09. The van der Waals surface area contributed by atoms with Crippen LogP contribution in [-0.2, 0) is 16.0 Å². The first-order valence-electron chi connectivity index (χ1n) is 9.47. The number of hydrogen-bond donors (Lipinski definition) is 1. The zero-order valence-corrected chi connectivity index (χ0v) is 15.0. The molecule has 1 unspecified atom stereocenters. The fourth-order valence-corrected chi connectivity index (χ4v) is 3.95. The summed E-state index contributed by atoms with van der Waals surface area (Å²) in [6.45, 7) is 3.42. The van der Waals surface area contributed by atoms with Crippen LogP contribution in [0.4, 0.5) is 0 Å². The molecule has 1 aromatic heterocycles. The van der Waals surface area contributed by atoms with E-state index in [1.807, 2.05) is 11.8 Å². The number of likely N-dealkylation sites (tertiary alicyclic amines) is 1. The van der Waals surface area contributed by atoms with Crippen molar-refractivity contribution in [3.05, 3.63) is 24.3 Å². The smallest absolute Gasteiger partial charge is 0.225 e. The van der Waals surface area contributed by atoms with Crippen molar-refractivity contribution >= 4 is 11.8 Å². The Morgan fingerprint density at radius 1 is 1.16 bits per heavy atom. The lowest BCUT2D eigenvalue weighted by Crippen LogP contribution is -2.46. The summed E-state index contributed by atoms with van der Waals surface area (Å²) in [6.07, 6.45) is 11.7. The minimum Gasteiger partial charge on any atom is -0.353 e. The molecule has 0 bridgehead atoms. The van der Waals surface area contributed by atoms with Gasteiger partial charge in [0.05, 0.1) is 5.69 Å². The van der Waals surface area contributed by atoms with Crippen LogP contribution in [0.2, 0.25) is 0 Å². The van der Waals surface area contributed by atoms with Crippen LogP contribution in [0.1, 0.15) is 51.1 Å². The molecule has 6 nitrogen and oxygen atoms in total. The fraction of sp³-hybridized carbons (Fsp3) is 0.684. The maximum absolute atomic E-state index is 12.5. The second-order valence-electron chi connectivity index (χ2n) is 7.39. The highest BCUT2D eigenvalue weighted by atomic mass is 16.2. The van der Waals surface area contributed by atoms with E-state index in [1.54, 1.807) is 18.6 Å². The molecule has 0 aromatic carbocycles. The number of rotatable bonds is 5. The Morgan fingerprint density at radius 3 is 2.52 bits per heavy atom. The van der Waals surface area contributed by atoms with Crippen LogP contribution >= 0.6 is 0 Å². The number of nitrogens with one attached hydrogen (secondary N) is 1. The van der Waals surface area contributed by atoms with Gasteiger partial charge >= 0.3 is 0 Å². The standard InChI is InChI=1S/C19H28N4O2/c1-14(12-17-13-20-8-9-21-17)22-18(24)15-6-10-23(11-7-15)19(25)16-4-2-3-5-16/h8-9,13-16H,2-7,10-12H2,1H3,(H,22,24). The molecule has 0 spiro atoms. The van der Waals surface area contributed by atoms with Crippen molar-refractivity contribution in [2.75, 3.05) is 13.1 Å². The molecule has 1 aliphatic heterocycles. The predicted octanol–water partition coefficient (Wildman–Crippen LogP) is 1.95. The van der Waals surface area contributed by atoms with Gasteiger partial charge in [-0.2, -0.15) is 0 Å². The van der Waals surface area contributed by atoms with Gasteiger partial charge in [0.1, 0.15) is 0 Å². The summed E-state index contributed by atoms with van der Waals surface area (Å²) in [4.78, 5) is 35.2. The van der Waals surface area contributed by atoms with E-state index in [4.69, 9.17) is 0 Å². The molecular formula is C19H28N4O2. The summed E-state index contributed by atoms with van der Waals surface area (Å²) in [5.74, 6) is 0.658. The molecule has 0 radical (unpaired) electrons. The lowest BCUT2D eigenvalue weighted by molar-refractivity contribution is -0.139. The van der Waals surface area contributed by atoms with E-state index in [9.17, 15) is 9.59 Å². The van der Waals surface area contributed by atoms with Gasteiger partial charge in [-0.25, -0.2) is 0 Å². The average molecular weight is 344 g/mol. The summed E-state index contributed by atoms with van der Waals surface area (Å²) < 4.78 is 0. The Morgan fingerprint density at radius 2 is 1.88 bits per heavy atom. The average Bonchev–Trinajstić information content (AvgIpc) is 3.16. The summed E-state index contributed by atoms with van der Waals surface area (Å²) >= 11 is 0. The fourth-order valence-electron chi connectivity index (χ4n) is 3.95.